The van der Waals surface area contributed by atoms with Gasteiger partial charge >= 0.3 is 0 Å². The Labute approximate surface area is 201 Å². The van der Waals surface area contributed by atoms with Crippen molar-refractivity contribution in [2.75, 3.05) is 19.7 Å². The van der Waals surface area contributed by atoms with Gasteiger partial charge in [-0.25, -0.2) is 8.78 Å². The van der Waals surface area contributed by atoms with Crippen LogP contribution in [0.2, 0.25) is 0 Å². The third-order valence-electron chi connectivity index (χ3n) is 7.36. The summed E-state index contributed by atoms with van der Waals surface area (Å²) < 4.78 is 36.0. The Balaban J connectivity index is 1.18. The lowest BCUT2D eigenvalue weighted by Gasteiger charge is -2.46. The second kappa shape index (κ2) is 8.37. The molecule has 0 radical (unpaired) electrons. The van der Waals surface area contributed by atoms with Gasteiger partial charge in [-0.2, -0.15) is 0 Å². The molecule has 2 saturated heterocycles. The number of nitrogens with zero attached hydrogens (tertiary/aromatic N) is 3. The van der Waals surface area contributed by atoms with Crippen LogP contribution in [0.3, 0.4) is 0 Å². The number of pyridine rings is 1. The van der Waals surface area contributed by atoms with Crippen molar-refractivity contribution in [2.24, 2.45) is 0 Å². The molecule has 2 amide bonds. The molecule has 3 heterocycles. The minimum atomic E-state index is -0.699. The highest BCUT2D eigenvalue weighted by atomic mass is 19.1. The number of ether oxygens (including phenoxy) is 1. The molecule has 3 aliphatic rings. The van der Waals surface area contributed by atoms with Gasteiger partial charge in [0.25, 0.3) is 0 Å². The van der Waals surface area contributed by atoms with Gasteiger partial charge in [-0.15, -0.1) is 0 Å². The Morgan fingerprint density at radius 1 is 1.03 bits per heavy atom. The van der Waals surface area contributed by atoms with E-state index in [0.29, 0.717) is 30.6 Å². The van der Waals surface area contributed by atoms with Gasteiger partial charge in [0.1, 0.15) is 18.2 Å². The molecule has 3 aromatic rings. The minimum Gasteiger partial charge on any atom is -0.363 e. The number of aromatic nitrogens is 1. The summed E-state index contributed by atoms with van der Waals surface area (Å²) in [7, 11) is 0. The average Bonchev–Trinajstić information content (AvgIpc) is 3.69. The molecule has 0 bridgehead atoms. The molecule has 2 aliphatic heterocycles. The first-order chi connectivity index (χ1) is 16.9. The standard InChI is InChI=1S/C27H25F2N3O3/c28-22-10-19(18-4-3-17-2-1-8-30-24(17)12-18)11-23(29)21(22)14-31-9-7-27(13-25(31)33)16-32(20-5-6-20)26(34)15-35-27/h1-4,8,10-12,20H,5-7,9,13-16H2. The normalized spacial score (nSPS) is 22.9. The van der Waals surface area contributed by atoms with E-state index < -0.39 is 17.2 Å². The fraction of sp³-hybridized carbons (Fsp3) is 0.370. The van der Waals surface area contributed by atoms with Crippen molar-refractivity contribution in [3.63, 3.8) is 0 Å². The van der Waals surface area contributed by atoms with Crippen LogP contribution in [0.15, 0.2) is 48.7 Å². The van der Waals surface area contributed by atoms with E-state index in [0.717, 1.165) is 23.7 Å². The quantitative estimate of drug-likeness (QED) is 0.569. The Kier molecular flexibility index (Phi) is 5.29. The number of hydrogen-bond donors (Lipinski definition) is 0. The largest absolute Gasteiger partial charge is 0.363 e. The zero-order valence-corrected chi connectivity index (χ0v) is 19.2. The van der Waals surface area contributed by atoms with Crippen molar-refractivity contribution in [2.45, 2.75) is 43.9 Å². The molecule has 8 heteroatoms. The molecule has 2 aromatic carbocycles. The zero-order chi connectivity index (χ0) is 24.2. The second-order valence-electron chi connectivity index (χ2n) is 9.80. The van der Waals surface area contributed by atoms with Gasteiger partial charge in [0.05, 0.1) is 30.6 Å². The van der Waals surface area contributed by atoms with Gasteiger partial charge in [-0.3, -0.25) is 14.6 Å². The Morgan fingerprint density at radius 3 is 2.57 bits per heavy atom. The first kappa shape index (κ1) is 22.1. The summed E-state index contributed by atoms with van der Waals surface area (Å²) in [6.45, 7) is 0.576. The van der Waals surface area contributed by atoms with E-state index in [1.807, 2.05) is 29.2 Å². The molecule has 180 valence electrons. The van der Waals surface area contributed by atoms with Crippen LogP contribution in [0.25, 0.3) is 22.0 Å². The molecule has 1 unspecified atom stereocenters. The summed E-state index contributed by atoms with van der Waals surface area (Å²) in [5.74, 6) is -1.62. The number of hydrogen-bond acceptors (Lipinski definition) is 4. The number of likely N-dealkylation sites (tertiary alicyclic amines) is 1. The molecule has 1 atom stereocenters. The minimum absolute atomic E-state index is 0.0151. The first-order valence-electron chi connectivity index (χ1n) is 12.0. The van der Waals surface area contributed by atoms with Crippen molar-refractivity contribution in [3.8, 4) is 11.1 Å². The summed E-state index contributed by atoms with van der Waals surface area (Å²) in [5.41, 5.74) is 1.00. The molecule has 6 rings (SSSR count). The third kappa shape index (κ3) is 4.16. The number of fused-ring (bicyclic) bond motifs is 1. The van der Waals surface area contributed by atoms with Gasteiger partial charge < -0.3 is 14.5 Å². The van der Waals surface area contributed by atoms with Crippen molar-refractivity contribution in [1.29, 1.82) is 0 Å². The van der Waals surface area contributed by atoms with E-state index in [-0.39, 0.29) is 43.0 Å². The number of amides is 2. The fourth-order valence-corrected chi connectivity index (χ4v) is 5.18. The summed E-state index contributed by atoms with van der Waals surface area (Å²) in [6, 6.07) is 12.1. The Hall–Kier alpha value is -3.39. The smallest absolute Gasteiger partial charge is 0.248 e. The van der Waals surface area contributed by atoms with E-state index in [9.17, 15) is 9.59 Å². The van der Waals surface area contributed by atoms with E-state index in [1.165, 1.54) is 17.0 Å². The Bertz CT molecular complexity index is 1320. The average molecular weight is 478 g/mol. The molecule has 1 saturated carbocycles. The van der Waals surface area contributed by atoms with Crippen LogP contribution < -0.4 is 0 Å². The highest BCUT2D eigenvalue weighted by Gasteiger charge is 2.48. The van der Waals surface area contributed by atoms with E-state index in [2.05, 4.69) is 4.98 Å². The highest BCUT2D eigenvalue weighted by Crippen LogP contribution is 2.37. The van der Waals surface area contributed by atoms with Crippen LogP contribution in [0.1, 0.15) is 31.2 Å². The van der Waals surface area contributed by atoms with Gasteiger partial charge in [-0.05, 0) is 54.7 Å². The van der Waals surface area contributed by atoms with Crippen LogP contribution in [0.4, 0.5) is 8.78 Å². The highest BCUT2D eigenvalue weighted by molar-refractivity contribution is 5.84. The number of halogens is 2. The molecule has 1 aliphatic carbocycles. The number of rotatable bonds is 4. The lowest BCUT2D eigenvalue weighted by atomic mass is 9.88. The summed E-state index contributed by atoms with van der Waals surface area (Å²) in [6.07, 6.45) is 4.30. The topological polar surface area (TPSA) is 62.7 Å². The van der Waals surface area contributed by atoms with Crippen LogP contribution >= 0.6 is 0 Å². The van der Waals surface area contributed by atoms with Crippen LogP contribution in [-0.2, 0) is 20.9 Å². The van der Waals surface area contributed by atoms with E-state index in [1.54, 1.807) is 12.3 Å². The van der Waals surface area contributed by atoms with Crippen LogP contribution in [0.5, 0.6) is 0 Å². The zero-order valence-electron chi connectivity index (χ0n) is 19.2. The number of carbonyl (C=O) groups excluding carboxylic acids is 2. The van der Waals surface area contributed by atoms with E-state index in [4.69, 9.17) is 4.74 Å². The van der Waals surface area contributed by atoms with Crippen molar-refractivity contribution in [1.82, 2.24) is 14.8 Å². The van der Waals surface area contributed by atoms with E-state index >= 15 is 8.78 Å². The van der Waals surface area contributed by atoms with Gasteiger partial charge in [-0.1, -0.05) is 18.2 Å². The Morgan fingerprint density at radius 2 is 1.83 bits per heavy atom. The lowest BCUT2D eigenvalue weighted by molar-refractivity contribution is -0.178. The molecule has 1 spiro atoms. The monoisotopic (exact) mass is 477 g/mol. The predicted molar refractivity (Wildman–Crippen MR) is 125 cm³/mol. The third-order valence-corrected chi connectivity index (χ3v) is 7.36. The van der Waals surface area contributed by atoms with Gasteiger partial charge in [0.15, 0.2) is 0 Å². The number of piperidine rings is 1. The fourth-order valence-electron chi connectivity index (χ4n) is 5.18. The maximum atomic E-state index is 15.1. The number of carbonyl (C=O) groups is 2. The van der Waals surface area contributed by atoms with Gasteiger partial charge in [0.2, 0.25) is 11.8 Å². The first-order valence-corrected chi connectivity index (χ1v) is 12.0. The second-order valence-corrected chi connectivity index (χ2v) is 9.80. The predicted octanol–water partition coefficient (Wildman–Crippen LogP) is 4.06. The summed E-state index contributed by atoms with van der Waals surface area (Å²) in [5, 5.41) is 0.946. The molecular weight excluding hydrogens is 452 g/mol. The number of morpholine rings is 1. The molecule has 3 fully saturated rings. The maximum Gasteiger partial charge on any atom is 0.248 e. The molecule has 1 aromatic heterocycles. The van der Waals surface area contributed by atoms with Crippen molar-refractivity contribution >= 4 is 22.7 Å². The number of benzene rings is 2. The van der Waals surface area contributed by atoms with Gasteiger partial charge in [0, 0.05) is 29.7 Å². The van der Waals surface area contributed by atoms with Crippen LogP contribution in [0, 0.1) is 11.6 Å². The summed E-state index contributed by atoms with van der Waals surface area (Å²) >= 11 is 0. The molecule has 0 N–H and O–H groups in total. The lowest BCUT2D eigenvalue weighted by Crippen LogP contribution is -2.60. The molecular formula is C27H25F2N3O3. The molecule has 35 heavy (non-hydrogen) atoms. The summed E-state index contributed by atoms with van der Waals surface area (Å²) in [4.78, 5) is 32.8. The SMILES string of the molecule is O=C1CC2(CCN1Cc1c(F)cc(-c3ccc4cccnc4c3)cc1F)CN(C1CC1)C(=O)CO2. The van der Waals surface area contributed by atoms with Crippen molar-refractivity contribution in [3.05, 3.63) is 65.9 Å². The van der Waals surface area contributed by atoms with Crippen LogP contribution in [-0.4, -0.2) is 57.9 Å². The molecule has 6 nitrogen and oxygen atoms in total. The van der Waals surface area contributed by atoms with Crippen molar-refractivity contribution < 1.29 is 23.1 Å². The maximum absolute atomic E-state index is 15.1.